The zero-order chi connectivity index (χ0) is 24.8. The van der Waals surface area contributed by atoms with Gasteiger partial charge in [0.1, 0.15) is 0 Å². The molecule has 2 aliphatic carbocycles. The summed E-state index contributed by atoms with van der Waals surface area (Å²) in [6, 6.07) is 27.0. The van der Waals surface area contributed by atoms with Crippen molar-refractivity contribution in [3.63, 3.8) is 0 Å². The van der Waals surface area contributed by atoms with E-state index in [9.17, 15) is 14.4 Å². The lowest BCUT2D eigenvalue weighted by Gasteiger charge is -2.22. The lowest BCUT2D eigenvalue weighted by atomic mass is 9.85. The fourth-order valence-electron chi connectivity index (χ4n) is 6.09. The van der Waals surface area contributed by atoms with Gasteiger partial charge in [-0.05, 0) is 41.3 Å². The Balaban J connectivity index is 1.45. The van der Waals surface area contributed by atoms with Gasteiger partial charge in [0.05, 0.1) is 29.7 Å². The fraction of sp³-hybridized carbons (Fsp3) is 0.194. The summed E-state index contributed by atoms with van der Waals surface area (Å²) in [4.78, 5) is 41.5. The summed E-state index contributed by atoms with van der Waals surface area (Å²) in [5.41, 5.74) is 4.89. The van der Waals surface area contributed by atoms with Gasteiger partial charge in [0.25, 0.3) is 0 Å². The van der Waals surface area contributed by atoms with E-state index in [1.54, 1.807) is 31.2 Å². The molecule has 1 aliphatic heterocycles. The van der Waals surface area contributed by atoms with Gasteiger partial charge in [-0.15, -0.1) is 0 Å². The van der Waals surface area contributed by atoms with Crippen LogP contribution in [-0.2, 0) is 14.3 Å². The van der Waals surface area contributed by atoms with E-state index in [1.807, 2.05) is 36.4 Å². The summed E-state index contributed by atoms with van der Waals surface area (Å²) in [7, 11) is 0. The van der Waals surface area contributed by atoms with Crippen molar-refractivity contribution in [1.29, 1.82) is 0 Å². The van der Waals surface area contributed by atoms with Crippen LogP contribution in [0.3, 0.4) is 0 Å². The van der Waals surface area contributed by atoms with Crippen molar-refractivity contribution < 1.29 is 19.1 Å². The fourth-order valence-corrected chi connectivity index (χ4v) is 6.09. The minimum Gasteiger partial charge on any atom is -0.462 e. The lowest BCUT2D eigenvalue weighted by molar-refractivity contribution is -0.122. The number of amides is 2. The number of carbonyl (C=O) groups is 3. The van der Waals surface area contributed by atoms with Crippen LogP contribution < -0.4 is 4.90 Å². The summed E-state index contributed by atoms with van der Waals surface area (Å²) in [5.74, 6) is -2.37. The van der Waals surface area contributed by atoms with Crippen molar-refractivity contribution >= 4 is 29.0 Å². The molecule has 4 atom stereocenters. The van der Waals surface area contributed by atoms with E-state index < -0.39 is 17.8 Å². The Bertz CT molecular complexity index is 1350. The molecule has 0 unspecified atom stereocenters. The first-order valence-corrected chi connectivity index (χ1v) is 12.3. The molecule has 3 aromatic rings. The number of benzene rings is 3. The molecular weight excluding hydrogens is 450 g/mol. The van der Waals surface area contributed by atoms with Crippen molar-refractivity contribution in [2.24, 2.45) is 23.7 Å². The summed E-state index contributed by atoms with van der Waals surface area (Å²) in [6.45, 7) is 1.94. The van der Waals surface area contributed by atoms with Crippen molar-refractivity contribution in [3.8, 4) is 0 Å². The lowest BCUT2D eigenvalue weighted by Crippen LogP contribution is -2.34. The number of para-hydroxylation sites is 1. The minimum absolute atomic E-state index is 0.174. The number of esters is 1. The van der Waals surface area contributed by atoms with Crippen LogP contribution in [0.1, 0.15) is 28.4 Å². The third-order valence-corrected chi connectivity index (χ3v) is 7.47. The van der Waals surface area contributed by atoms with Crippen LogP contribution in [0.15, 0.2) is 103 Å². The van der Waals surface area contributed by atoms with E-state index in [2.05, 4.69) is 36.4 Å². The second-order valence-corrected chi connectivity index (χ2v) is 9.30. The van der Waals surface area contributed by atoms with Crippen LogP contribution in [0.2, 0.25) is 0 Å². The maximum atomic E-state index is 13.9. The van der Waals surface area contributed by atoms with Crippen molar-refractivity contribution in [1.82, 2.24) is 0 Å². The zero-order valence-electron chi connectivity index (χ0n) is 19.8. The van der Waals surface area contributed by atoms with Gasteiger partial charge in [-0.25, -0.2) is 9.69 Å². The molecule has 36 heavy (non-hydrogen) atoms. The SMILES string of the molecule is CCOC(=O)c1ccccc1N1C(=O)[C@@H]2[C@@H](C1=O)[C@@H]1C=C[C@@H]2C1=C(c1ccccc1)c1ccccc1. The van der Waals surface area contributed by atoms with E-state index in [0.29, 0.717) is 5.69 Å². The monoisotopic (exact) mass is 475 g/mol. The van der Waals surface area contributed by atoms with Gasteiger partial charge in [0.2, 0.25) is 11.8 Å². The Morgan fingerprint density at radius 2 is 1.25 bits per heavy atom. The van der Waals surface area contributed by atoms with Crippen molar-refractivity contribution in [3.05, 3.63) is 119 Å². The topological polar surface area (TPSA) is 63.7 Å². The van der Waals surface area contributed by atoms with Gasteiger partial charge in [-0.1, -0.05) is 84.9 Å². The predicted octanol–water partition coefficient (Wildman–Crippen LogP) is 5.29. The quantitative estimate of drug-likeness (QED) is 0.286. The second-order valence-electron chi connectivity index (χ2n) is 9.30. The van der Waals surface area contributed by atoms with Gasteiger partial charge in [0, 0.05) is 11.8 Å². The number of allylic oxidation sites excluding steroid dienone is 3. The summed E-state index contributed by atoms with van der Waals surface area (Å²) < 4.78 is 5.19. The average molecular weight is 476 g/mol. The Morgan fingerprint density at radius 3 is 1.78 bits per heavy atom. The average Bonchev–Trinajstić information content (AvgIpc) is 3.54. The highest BCUT2D eigenvalue weighted by Gasteiger charge is 2.62. The van der Waals surface area contributed by atoms with Gasteiger partial charge in [-0.2, -0.15) is 0 Å². The highest BCUT2D eigenvalue weighted by atomic mass is 16.5. The maximum Gasteiger partial charge on any atom is 0.340 e. The third kappa shape index (κ3) is 3.27. The normalized spacial score (nSPS) is 23.8. The molecule has 1 heterocycles. The number of carbonyl (C=O) groups excluding carboxylic acids is 3. The van der Waals surface area contributed by atoms with E-state index in [1.165, 1.54) is 4.90 Å². The number of nitrogens with zero attached hydrogens (tertiary/aromatic N) is 1. The van der Waals surface area contributed by atoms with Crippen LogP contribution in [0.25, 0.3) is 5.57 Å². The maximum absolute atomic E-state index is 13.9. The number of rotatable bonds is 5. The van der Waals surface area contributed by atoms with Crippen LogP contribution in [-0.4, -0.2) is 24.4 Å². The Labute approximate surface area is 209 Å². The molecule has 2 amide bonds. The van der Waals surface area contributed by atoms with Crippen LogP contribution in [0.4, 0.5) is 5.69 Å². The van der Waals surface area contributed by atoms with E-state index >= 15 is 0 Å². The second kappa shape index (κ2) is 8.76. The first-order valence-electron chi connectivity index (χ1n) is 12.3. The first kappa shape index (κ1) is 22.2. The molecule has 178 valence electrons. The molecule has 2 bridgehead atoms. The van der Waals surface area contributed by atoms with Gasteiger partial charge >= 0.3 is 5.97 Å². The van der Waals surface area contributed by atoms with Crippen LogP contribution >= 0.6 is 0 Å². The molecule has 1 saturated heterocycles. The molecule has 0 aromatic heterocycles. The van der Waals surface area contributed by atoms with E-state index in [0.717, 1.165) is 22.3 Å². The highest BCUT2D eigenvalue weighted by Crippen LogP contribution is 2.59. The van der Waals surface area contributed by atoms with Gasteiger partial charge in [0.15, 0.2) is 0 Å². The summed E-state index contributed by atoms with van der Waals surface area (Å²) in [5, 5.41) is 0. The number of hydrogen-bond donors (Lipinski definition) is 0. The summed E-state index contributed by atoms with van der Waals surface area (Å²) in [6.07, 6.45) is 4.16. The molecular formula is C31H25NO4. The molecule has 1 saturated carbocycles. The highest BCUT2D eigenvalue weighted by molar-refractivity contribution is 6.25. The van der Waals surface area contributed by atoms with E-state index in [4.69, 9.17) is 4.74 Å². The van der Waals surface area contributed by atoms with Crippen molar-refractivity contribution in [2.45, 2.75) is 6.92 Å². The Morgan fingerprint density at radius 1 is 0.750 bits per heavy atom. The molecule has 0 N–H and O–H groups in total. The largest absolute Gasteiger partial charge is 0.462 e. The van der Waals surface area contributed by atoms with Crippen LogP contribution in [0.5, 0.6) is 0 Å². The number of hydrogen-bond acceptors (Lipinski definition) is 4. The standard InChI is InChI=1S/C31H25NO4/c1-2-36-31(35)21-15-9-10-16-24(21)32-29(33)27-22-17-18-23(28(27)30(32)34)26(22)25(19-11-5-3-6-12-19)20-13-7-4-8-14-20/h3-18,22-23,27-28H,2H2,1H3/t22-,23-,27+,28+/m1/s1. The molecule has 0 spiro atoms. The zero-order valence-corrected chi connectivity index (χ0v) is 19.8. The van der Waals surface area contributed by atoms with Gasteiger partial charge in [-0.3, -0.25) is 9.59 Å². The third-order valence-electron chi connectivity index (χ3n) is 7.47. The number of ether oxygens (including phenoxy) is 1. The molecule has 6 rings (SSSR count). The molecule has 0 radical (unpaired) electrons. The molecule has 5 heteroatoms. The molecule has 3 aliphatic rings. The molecule has 3 aromatic carbocycles. The first-order chi connectivity index (χ1) is 17.6. The number of imide groups is 1. The molecule has 5 nitrogen and oxygen atoms in total. The van der Waals surface area contributed by atoms with Gasteiger partial charge < -0.3 is 4.74 Å². The predicted molar refractivity (Wildman–Crippen MR) is 137 cm³/mol. The smallest absolute Gasteiger partial charge is 0.340 e. The Kier molecular flexibility index (Phi) is 5.41. The summed E-state index contributed by atoms with van der Waals surface area (Å²) >= 11 is 0. The Hall–Kier alpha value is -4.25. The molecule has 2 fully saturated rings. The van der Waals surface area contributed by atoms with E-state index in [-0.39, 0.29) is 35.8 Å². The number of anilines is 1. The van der Waals surface area contributed by atoms with Crippen LogP contribution in [0, 0.1) is 23.7 Å². The minimum atomic E-state index is -0.539. The number of fused-ring (bicyclic) bond motifs is 5. The van der Waals surface area contributed by atoms with Crippen molar-refractivity contribution in [2.75, 3.05) is 11.5 Å².